The number of aliphatic hydroxyl groups is 1. The Morgan fingerprint density at radius 1 is 1.28 bits per heavy atom. The van der Waals surface area contributed by atoms with Crippen LogP contribution in [0, 0.1) is 0 Å². The zero-order valence-corrected chi connectivity index (χ0v) is 16.8. The molecule has 2 aliphatic heterocycles. The van der Waals surface area contributed by atoms with Crippen molar-refractivity contribution in [2.45, 2.75) is 51.9 Å². The summed E-state index contributed by atoms with van der Waals surface area (Å²) in [6.07, 6.45) is 2.21. The van der Waals surface area contributed by atoms with Gasteiger partial charge in [0.05, 0.1) is 5.70 Å². The van der Waals surface area contributed by atoms with E-state index in [1.54, 1.807) is 6.92 Å². The van der Waals surface area contributed by atoms with E-state index in [0.717, 1.165) is 12.0 Å². The van der Waals surface area contributed by atoms with E-state index in [9.17, 15) is 14.4 Å². The highest BCUT2D eigenvalue weighted by atomic mass is 16.6. The molecule has 0 spiro atoms. The van der Waals surface area contributed by atoms with E-state index < -0.39 is 24.2 Å². The zero-order valence-electron chi connectivity index (χ0n) is 16.8. The molecule has 2 atom stereocenters. The molecule has 2 aliphatic rings. The van der Waals surface area contributed by atoms with E-state index in [1.807, 2.05) is 37.3 Å². The Kier molecular flexibility index (Phi) is 8.67. The van der Waals surface area contributed by atoms with Crippen molar-refractivity contribution in [2.24, 2.45) is 0 Å². The average molecular weight is 404 g/mol. The molecule has 0 aromatic heterocycles. The van der Waals surface area contributed by atoms with Crippen molar-refractivity contribution in [2.75, 3.05) is 13.2 Å². The number of carbonyl (C=O) groups excluding carboxylic acids is 3. The summed E-state index contributed by atoms with van der Waals surface area (Å²) in [5.74, 6) is -0.778. The third-order valence-electron chi connectivity index (χ3n) is 4.51. The molecule has 2 N–H and O–H groups in total. The zero-order chi connectivity index (χ0) is 21.2. The predicted molar refractivity (Wildman–Crippen MR) is 106 cm³/mol. The van der Waals surface area contributed by atoms with Crippen LogP contribution >= 0.6 is 0 Å². The number of likely N-dealkylation sites (tertiary alicyclic amines) is 1. The number of amides is 2. The lowest BCUT2D eigenvalue weighted by atomic mass is 10.1. The largest absolute Gasteiger partial charge is 0.453 e. The summed E-state index contributed by atoms with van der Waals surface area (Å²) in [7, 11) is 0. The van der Waals surface area contributed by atoms with E-state index in [2.05, 4.69) is 5.32 Å². The Morgan fingerprint density at radius 3 is 2.62 bits per heavy atom. The van der Waals surface area contributed by atoms with Crippen molar-refractivity contribution in [1.82, 2.24) is 10.2 Å². The van der Waals surface area contributed by atoms with Gasteiger partial charge < -0.3 is 19.9 Å². The second kappa shape index (κ2) is 11.2. The van der Waals surface area contributed by atoms with Crippen LogP contribution in [0.4, 0.5) is 4.79 Å². The van der Waals surface area contributed by atoms with Crippen LogP contribution in [0.3, 0.4) is 0 Å². The van der Waals surface area contributed by atoms with Gasteiger partial charge in [-0.3, -0.25) is 9.69 Å². The Labute approximate surface area is 170 Å². The van der Waals surface area contributed by atoms with E-state index >= 15 is 0 Å². The Hall–Kier alpha value is -2.87. The molecule has 1 fully saturated rings. The maximum atomic E-state index is 12.6. The van der Waals surface area contributed by atoms with Gasteiger partial charge in [0.15, 0.2) is 0 Å². The number of carbonyl (C=O) groups is 3. The van der Waals surface area contributed by atoms with Gasteiger partial charge >= 0.3 is 12.1 Å². The van der Waals surface area contributed by atoms with Crippen LogP contribution in [0.15, 0.2) is 42.1 Å². The molecule has 2 amide bonds. The van der Waals surface area contributed by atoms with Crippen LogP contribution in [0.25, 0.3) is 0 Å². The molecule has 1 aromatic carbocycles. The first kappa shape index (κ1) is 22.4. The highest BCUT2D eigenvalue weighted by molar-refractivity contribution is 5.91. The molecule has 1 saturated heterocycles. The maximum Gasteiger partial charge on any atom is 0.410 e. The quantitative estimate of drug-likeness (QED) is 0.729. The molecule has 8 nitrogen and oxygen atoms in total. The van der Waals surface area contributed by atoms with Gasteiger partial charge in [0, 0.05) is 19.2 Å². The number of hydrogen-bond donors (Lipinski definition) is 2. The normalized spacial score (nSPS) is 20.3. The van der Waals surface area contributed by atoms with Crippen molar-refractivity contribution in [3.63, 3.8) is 0 Å². The third-order valence-corrected chi connectivity index (χ3v) is 4.51. The molecule has 8 heteroatoms. The molecule has 3 rings (SSSR count). The fraction of sp³-hybridized carbons (Fsp3) is 0.476. The van der Waals surface area contributed by atoms with Gasteiger partial charge in [0.2, 0.25) is 5.91 Å². The van der Waals surface area contributed by atoms with Gasteiger partial charge in [-0.2, -0.15) is 0 Å². The molecular weight excluding hydrogens is 376 g/mol. The summed E-state index contributed by atoms with van der Waals surface area (Å²) in [5, 5.41) is 10.3. The molecule has 158 valence electrons. The Morgan fingerprint density at radius 2 is 1.97 bits per heavy atom. The molecule has 0 aliphatic carbocycles. The number of nitrogens with zero attached hydrogens (tertiary/aromatic N) is 1. The monoisotopic (exact) mass is 404 g/mol. The van der Waals surface area contributed by atoms with E-state index in [1.165, 1.54) is 11.0 Å². The van der Waals surface area contributed by atoms with Gasteiger partial charge in [-0.05, 0) is 31.7 Å². The van der Waals surface area contributed by atoms with Gasteiger partial charge in [-0.25, -0.2) is 9.59 Å². The summed E-state index contributed by atoms with van der Waals surface area (Å²) < 4.78 is 10.4. The van der Waals surface area contributed by atoms with Crippen LogP contribution in [0.5, 0.6) is 0 Å². The van der Waals surface area contributed by atoms with Crippen LogP contribution in [0.2, 0.25) is 0 Å². The third kappa shape index (κ3) is 6.32. The summed E-state index contributed by atoms with van der Waals surface area (Å²) >= 11 is 0. The van der Waals surface area contributed by atoms with E-state index in [-0.39, 0.29) is 19.1 Å². The Bertz CT molecular complexity index is 734. The highest BCUT2D eigenvalue weighted by Crippen LogP contribution is 2.21. The maximum absolute atomic E-state index is 12.6. The minimum Gasteiger partial charge on any atom is -0.453 e. The topological polar surface area (TPSA) is 105 Å². The number of esters is 1. The SMILES string of the molecule is CCC1OC(=O)C=C1NC(=O)[C@@H]1CCCN1C(=O)OCc1ccccc1.CCO. The van der Waals surface area contributed by atoms with Crippen molar-refractivity contribution < 1.29 is 29.0 Å². The van der Waals surface area contributed by atoms with Crippen molar-refractivity contribution in [3.05, 3.63) is 47.7 Å². The fourth-order valence-corrected chi connectivity index (χ4v) is 3.16. The number of hydrogen-bond acceptors (Lipinski definition) is 6. The highest BCUT2D eigenvalue weighted by Gasteiger charge is 2.37. The fourth-order valence-electron chi connectivity index (χ4n) is 3.16. The van der Waals surface area contributed by atoms with Crippen LogP contribution in [-0.4, -0.2) is 53.3 Å². The molecule has 1 aromatic rings. The van der Waals surface area contributed by atoms with Gasteiger partial charge in [-0.15, -0.1) is 0 Å². The molecular formula is C21H28N2O6. The van der Waals surface area contributed by atoms with Crippen molar-refractivity contribution in [1.29, 1.82) is 0 Å². The number of nitrogens with one attached hydrogen (secondary N) is 1. The molecule has 0 bridgehead atoms. The molecule has 29 heavy (non-hydrogen) atoms. The minimum atomic E-state index is -0.604. The van der Waals surface area contributed by atoms with Crippen LogP contribution < -0.4 is 5.32 Å². The second-order valence-electron chi connectivity index (χ2n) is 6.63. The lowest BCUT2D eigenvalue weighted by Crippen LogP contribution is -2.46. The lowest BCUT2D eigenvalue weighted by Gasteiger charge is -2.24. The van der Waals surface area contributed by atoms with E-state index in [4.69, 9.17) is 14.6 Å². The van der Waals surface area contributed by atoms with Gasteiger partial charge in [0.1, 0.15) is 18.8 Å². The Balaban J connectivity index is 0.000000941. The first-order valence-corrected chi connectivity index (χ1v) is 9.81. The first-order chi connectivity index (χ1) is 14.0. The number of cyclic esters (lactones) is 1. The van der Waals surface area contributed by atoms with Crippen molar-refractivity contribution >= 4 is 18.0 Å². The first-order valence-electron chi connectivity index (χ1n) is 9.81. The van der Waals surface area contributed by atoms with Crippen molar-refractivity contribution in [3.8, 4) is 0 Å². The van der Waals surface area contributed by atoms with E-state index in [0.29, 0.717) is 25.1 Å². The smallest absolute Gasteiger partial charge is 0.410 e. The number of aliphatic hydroxyl groups excluding tert-OH is 1. The minimum absolute atomic E-state index is 0.163. The molecule has 1 unspecified atom stereocenters. The van der Waals surface area contributed by atoms with Crippen LogP contribution in [0.1, 0.15) is 38.7 Å². The number of ether oxygens (including phenoxy) is 2. The summed E-state index contributed by atoms with van der Waals surface area (Å²) in [6, 6.07) is 8.77. The van der Waals surface area contributed by atoms with Crippen LogP contribution in [-0.2, 0) is 25.7 Å². The molecule has 0 radical (unpaired) electrons. The summed E-state index contributed by atoms with van der Waals surface area (Å²) in [5.41, 5.74) is 1.34. The summed E-state index contributed by atoms with van der Waals surface area (Å²) in [4.78, 5) is 37.8. The van der Waals surface area contributed by atoms with Gasteiger partial charge in [0.25, 0.3) is 0 Å². The lowest BCUT2D eigenvalue weighted by molar-refractivity contribution is -0.139. The van der Waals surface area contributed by atoms with Gasteiger partial charge in [-0.1, -0.05) is 37.3 Å². The average Bonchev–Trinajstić information content (AvgIpc) is 3.34. The summed E-state index contributed by atoms with van der Waals surface area (Å²) in [6.45, 7) is 4.43. The second-order valence-corrected chi connectivity index (χ2v) is 6.63. The standard InChI is InChI=1S/C19H22N2O5.C2H6O/c1-2-16-14(11-17(22)26-16)20-18(23)15-9-6-10-21(15)19(24)25-12-13-7-4-3-5-8-13;1-2-3/h3-5,7-8,11,15-16H,2,6,9-10,12H2,1H3,(H,20,23);3H,2H2,1H3/t15-,16?;/m0./s1. The molecule has 2 heterocycles. The number of rotatable bonds is 5. The predicted octanol–water partition coefficient (Wildman–Crippen LogP) is 2.12. The molecule has 0 saturated carbocycles. The number of benzene rings is 1.